The zero-order valence-electron chi connectivity index (χ0n) is 18.7. The summed E-state index contributed by atoms with van der Waals surface area (Å²) >= 11 is 0. The SMILES string of the molecule is CC1=NN(c2cccc(C)c2C)C(=O)/C1=C\c1c(C)[nH]n(-c2cccc(C)c2C)c1=O. The van der Waals surface area contributed by atoms with Gasteiger partial charge in [-0.25, -0.2) is 4.68 Å². The van der Waals surface area contributed by atoms with Gasteiger partial charge in [-0.1, -0.05) is 24.3 Å². The van der Waals surface area contributed by atoms with E-state index in [1.165, 1.54) is 5.01 Å². The van der Waals surface area contributed by atoms with E-state index in [1.807, 2.05) is 71.0 Å². The van der Waals surface area contributed by atoms with Crippen molar-refractivity contribution >= 4 is 23.4 Å². The fraction of sp³-hybridized carbons (Fsp3) is 0.240. The smallest absolute Gasteiger partial charge is 0.280 e. The number of aromatic nitrogens is 2. The minimum absolute atomic E-state index is 0.190. The van der Waals surface area contributed by atoms with Crippen LogP contribution in [0.15, 0.2) is 51.9 Å². The molecule has 158 valence electrons. The topological polar surface area (TPSA) is 70.5 Å². The van der Waals surface area contributed by atoms with Gasteiger partial charge in [0.15, 0.2) is 0 Å². The molecule has 1 aliphatic rings. The number of aromatic amines is 1. The van der Waals surface area contributed by atoms with E-state index in [2.05, 4.69) is 10.2 Å². The Morgan fingerprint density at radius 2 is 1.42 bits per heavy atom. The number of amides is 1. The van der Waals surface area contributed by atoms with E-state index >= 15 is 0 Å². The summed E-state index contributed by atoms with van der Waals surface area (Å²) in [6.07, 6.45) is 1.65. The lowest BCUT2D eigenvalue weighted by Crippen LogP contribution is -2.23. The van der Waals surface area contributed by atoms with E-state index in [4.69, 9.17) is 0 Å². The number of H-pyrrole nitrogens is 1. The Bertz CT molecular complexity index is 1340. The second kappa shape index (κ2) is 7.54. The van der Waals surface area contributed by atoms with E-state index in [-0.39, 0.29) is 11.5 Å². The highest BCUT2D eigenvalue weighted by Crippen LogP contribution is 2.29. The Morgan fingerprint density at radius 3 is 2.06 bits per heavy atom. The number of rotatable bonds is 3. The van der Waals surface area contributed by atoms with Gasteiger partial charge in [0.05, 0.1) is 28.2 Å². The number of anilines is 1. The van der Waals surface area contributed by atoms with Crippen LogP contribution < -0.4 is 10.6 Å². The summed E-state index contributed by atoms with van der Waals surface area (Å²) in [5, 5.41) is 9.06. The van der Waals surface area contributed by atoms with E-state index in [1.54, 1.807) is 17.7 Å². The Labute approximate surface area is 181 Å². The van der Waals surface area contributed by atoms with Crippen LogP contribution in [0.2, 0.25) is 0 Å². The van der Waals surface area contributed by atoms with Crippen LogP contribution in [0.4, 0.5) is 5.69 Å². The summed E-state index contributed by atoms with van der Waals surface area (Å²) in [5.74, 6) is -0.232. The third kappa shape index (κ3) is 3.34. The summed E-state index contributed by atoms with van der Waals surface area (Å²) in [5.41, 5.74) is 7.77. The van der Waals surface area contributed by atoms with Gasteiger partial charge in [0, 0.05) is 5.69 Å². The van der Waals surface area contributed by atoms with Crippen molar-refractivity contribution in [2.45, 2.75) is 41.5 Å². The molecule has 1 amide bonds. The van der Waals surface area contributed by atoms with Crippen LogP contribution in [0.1, 0.15) is 40.4 Å². The van der Waals surface area contributed by atoms with Crippen molar-refractivity contribution in [3.63, 3.8) is 0 Å². The van der Waals surface area contributed by atoms with Gasteiger partial charge in [0.25, 0.3) is 11.5 Å². The molecule has 0 bridgehead atoms. The third-order valence-corrected chi connectivity index (χ3v) is 6.09. The largest absolute Gasteiger partial charge is 0.295 e. The van der Waals surface area contributed by atoms with Crippen LogP contribution in [0.5, 0.6) is 0 Å². The first-order chi connectivity index (χ1) is 14.7. The lowest BCUT2D eigenvalue weighted by molar-refractivity contribution is -0.114. The predicted molar refractivity (Wildman–Crippen MR) is 125 cm³/mol. The fourth-order valence-electron chi connectivity index (χ4n) is 3.83. The van der Waals surface area contributed by atoms with E-state index < -0.39 is 0 Å². The van der Waals surface area contributed by atoms with Gasteiger partial charge in [-0.15, -0.1) is 0 Å². The minimum atomic E-state index is -0.232. The number of carbonyl (C=O) groups is 1. The lowest BCUT2D eigenvalue weighted by Gasteiger charge is -2.15. The molecular weight excluding hydrogens is 388 g/mol. The third-order valence-electron chi connectivity index (χ3n) is 6.09. The molecule has 6 nitrogen and oxygen atoms in total. The number of hydrazone groups is 1. The van der Waals surface area contributed by atoms with Crippen molar-refractivity contribution in [2.24, 2.45) is 5.10 Å². The van der Waals surface area contributed by atoms with Gasteiger partial charge in [-0.05, 0) is 82.0 Å². The standard InChI is InChI=1S/C25H26N4O2/c1-14-9-7-11-22(16(14)3)28-24(30)20(18(5)26-28)13-21-19(6)27-29(25(21)31)23-12-8-10-15(2)17(23)4/h7-13,26H,1-6H3/b21-13-. The normalized spacial score (nSPS) is 15.2. The Morgan fingerprint density at radius 1 is 0.839 bits per heavy atom. The van der Waals surface area contributed by atoms with Crippen molar-refractivity contribution < 1.29 is 4.79 Å². The van der Waals surface area contributed by atoms with E-state index in [0.717, 1.165) is 33.6 Å². The van der Waals surface area contributed by atoms with Crippen LogP contribution >= 0.6 is 0 Å². The molecule has 0 radical (unpaired) electrons. The molecule has 31 heavy (non-hydrogen) atoms. The minimum Gasteiger partial charge on any atom is -0.295 e. The number of hydrogen-bond donors (Lipinski definition) is 1. The monoisotopic (exact) mass is 414 g/mol. The van der Waals surface area contributed by atoms with Gasteiger partial charge in [0.2, 0.25) is 0 Å². The van der Waals surface area contributed by atoms with Crippen molar-refractivity contribution in [3.8, 4) is 5.69 Å². The van der Waals surface area contributed by atoms with Crippen LogP contribution in [-0.4, -0.2) is 21.4 Å². The molecule has 2 aromatic carbocycles. The van der Waals surface area contributed by atoms with E-state index in [0.29, 0.717) is 22.5 Å². The number of nitrogens with zero attached hydrogens (tertiary/aromatic N) is 3. The summed E-state index contributed by atoms with van der Waals surface area (Å²) in [7, 11) is 0. The quantitative estimate of drug-likeness (QED) is 0.641. The molecule has 1 aromatic heterocycles. The van der Waals surface area contributed by atoms with Gasteiger partial charge in [-0.2, -0.15) is 10.1 Å². The highest BCUT2D eigenvalue weighted by Gasteiger charge is 2.30. The van der Waals surface area contributed by atoms with Gasteiger partial charge in [0.1, 0.15) is 0 Å². The molecule has 0 spiro atoms. The zero-order valence-corrected chi connectivity index (χ0v) is 18.7. The van der Waals surface area contributed by atoms with Crippen molar-refractivity contribution in [1.82, 2.24) is 9.78 Å². The van der Waals surface area contributed by atoms with Crippen LogP contribution in [-0.2, 0) is 4.79 Å². The molecule has 4 rings (SSSR count). The summed E-state index contributed by atoms with van der Waals surface area (Å²) < 4.78 is 1.54. The van der Waals surface area contributed by atoms with E-state index in [9.17, 15) is 9.59 Å². The lowest BCUT2D eigenvalue weighted by atomic mass is 10.1. The second-order valence-electron chi connectivity index (χ2n) is 8.09. The van der Waals surface area contributed by atoms with Crippen molar-refractivity contribution in [3.05, 3.63) is 85.8 Å². The fourth-order valence-corrected chi connectivity index (χ4v) is 3.83. The van der Waals surface area contributed by atoms with Gasteiger partial charge >= 0.3 is 0 Å². The van der Waals surface area contributed by atoms with Gasteiger partial charge in [-0.3, -0.25) is 14.7 Å². The number of aryl methyl sites for hydroxylation is 3. The number of carbonyl (C=O) groups excluding carboxylic acids is 1. The second-order valence-corrected chi connectivity index (χ2v) is 8.09. The predicted octanol–water partition coefficient (Wildman–Crippen LogP) is 4.51. The van der Waals surface area contributed by atoms with Crippen molar-refractivity contribution in [1.29, 1.82) is 0 Å². The Kier molecular flexibility index (Phi) is 5.01. The van der Waals surface area contributed by atoms with Crippen LogP contribution in [0.25, 0.3) is 11.8 Å². The highest BCUT2D eigenvalue weighted by molar-refractivity contribution is 6.32. The zero-order chi connectivity index (χ0) is 22.4. The Hall–Kier alpha value is -3.67. The molecule has 6 heteroatoms. The first-order valence-corrected chi connectivity index (χ1v) is 10.3. The number of hydrogen-bond acceptors (Lipinski definition) is 3. The number of nitrogens with one attached hydrogen (secondary N) is 1. The maximum absolute atomic E-state index is 13.2. The molecule has 0 unspecified atom stereocenters. The molecule has 0 atom stereocenters. The molecule has 0 aliphatic carbocycles. The maximum Gasteiger partial charge on any atom is 0.280 e. The Balaban J connectivity index is 1.78. The van der Waals surface area contributed by atoms with Crippen molar-refractivity contribution in [2.75, 3.05) is 5.01 Å². The molecule has 1 aliphatic heterocycles. The van der Waals surface area contributed by atoms with Crippen LogP contribution in [0.3, 0.4) is 0 Å². The molecular formula is C25H26N4O2. The number of benzene rings is 2. The molecule has 3 aromatic rings. The molecule has 2 heterocycles. The highest BCUT2D eigenvalue weighted by atomic mass is 16.2. The first kappa shape index (κ1) is 20.6. The molecule has 0 fully saturated rings. The maximum atomic E-state index is 13.2. The first-order valence-electron chi connectivity index (χ1n) is 10.3. The van der Waals surface area contributed by atoms with Gasteiger partial charge < -0.3 is 0 Å². The summed E-state index contributed by atoms with van der Waals surface area (Å²) in [6.45, 7) is 11.6. The molecule has 1 N–H and O–H groups in total. The summed E-state index contributed by atoms with van der Waals surface area (Å²) in [6, 6.07) is 11.7. The average Bonchev–Trinajstić information content (AvgIpc) is 3.17. The summed E-state index contributed by atoms with van der Waals surface area (Å²) in [4.78, 5) is 26.4. The van der Waals surface area contributed by atoms with Crippen LogP contribution in [0, 0.1) is 34.6 Å². The molecule has 0 saturated carbocycles. The molecule has 0 saturated heterocycles. The average molecular weight is 415 g/mol.